The van der Waals surface area contributed by atoms with Crippen LogP contribution in [-0.2, 0) is 11.3 Å². The van der Waals surface area contributed by atoms with Crippen LogP contribution in [0.1, 0.15) is 12.8 Å². The van der Waals surface area contributed by atoms with Crippen LogP contribution in [-0.4, -0.2) is 42.0 Å². The van der Waals surface area contributed by atoms with Gasteiger partial charge in [0.2, 0.25) is 0 Å². The van der Waals surface area contributed by atoms with Crippen molar-refractivity contribution in [1.29, 1.82) is 0 Å². The summed E-state index contributed by atoms with van der Waals surface area (Å²) >= 11 is 6.22. The molecule has 8 nitrogen and oxygen atoms in total. The molecule has 0 saturated heterocycles. The van der Waals surface area contributed by atoms with Crippen LogP contribution in [0.3, 0.4) is 0 Å². The molecule has 0 unspecified atom stereocenters. The molecule has 1 aliphatic carbocycles. The van der Waals surface area contributed by atoms with E-state index in [2.05, 4.69) is 20.9 Å². The molecule has 40 heavy (non-hydrogen) atoms. The number of amides is 2. The first-order valence-corrected chi connectivity index (χ1v) is 12.3. The largest absolute Gasteiger partial charge is 0.406 e. The van der Waals surface area contributed by atoms with Gasteiger partial charge < -0.3 is 20.7 Å². The highest BCUT2D eigenvalue weighted by atomic mass is 35.5. The standard InChI is InChI=1S/C26H23ClF5N5O3/c1-40-6-5-33-23-11-22-14(12-34-23)7-18(24(38)37(22)13-26(30,31)32)17-9-21(20(29)10-19(17)27)36-25(39)35-16-4-2-3-15(28)8-16/h3,7-12H,2,4-6,13H2,1H3,(H,33,34)(H2,35,36,39). The van der Waals surface area contributed by atoms with E-state index < -0.39 is 41.6 Å². The molecular weight excluding hydrogens is 561 g/mol. The van der Waals surface area contributed by atoms with E-state index in [0.717, 1.165) is 18.2 Å². The molecule has 1 aliphatic rings. The Morgan fingerprint density at radius 3 is 2.62 bits per heavy atom. The zero-order chi connectivity index (χ0) is 29.0. The van der Waals surface area contributed by atoms with Crippen molar-refractivity contribution in [2.75, 3.05) is 30.9 Å². The molecule has 2 aromatic heterocycles. The summed E-state index contributed by atoms with van der Waals surface area (Å²) in [5, 5.41) is 7.48. The quantitative estimate of drug-likeness (QED) is 0.219. The Balaban J connectivity index is 1.75. The number of hydrogen-bond donors (Lipinski definition) is 3. The minimum Gasteiger partial charge on any atom is -0.383 e. The van der Waals surface area contributed by atoms with Crippen LogP contribution in [0.5, 0.6) is 0 Å². The number of methoxy groups -OCH3 is 1. The van der Waals surface area contributed by atoms with Gasteiger partial charge in [-0.3, -0.25) is 9.36 Å². The maximum absolute atomic E-state index is 14.7. The predicted molar refractivity (Wildman–Crippen MR) is 141 cm³/mol. The molecule has 2 amide bonds. The van der Waals surface area contributed by atoms with E-state index in [1.54, 1.807) is 0 Å². The minimum atomic E-state index is -4.75. The van der Waals surface area contributed by atoms with Crippen molar-refractivity contribution >= 4 is 40.0 Å². The summed E-state index contributed by atoms with van der Waals surface area (Å²) in [6.45, 7) is -0.963. The van der Waals surface area contributed by atoms with Crippen LogP contribution < -0.4 is 21.5 Å². The van der Waals surface area contributed by atoms with Crippen molar-refractivity contribution in [1.82, 2.24) is 14.9 Å². The van der Waals surface area contributed by atoms with Crippen LogP contribution in [0.25, 0.3) is 22.0 Å². The number of pyridine rings is 2. The third-order valence-corrected chi connectivity index (χ3v) is 6.17. The summed E-state index contributed by atoms with van der Waals surface area (Å²) < 4.78 is 74.2. The third-order valence-electron chi connectivity index (χ3n) is 5.86. The number of nitrogens with one attached hydrogen (secondary N) is 3. The highest BCUT2D eigenvalue weighted by Gasteiger charge is 2.30. The van der Waals surface area contributed by atoms with Gasteiger partial charge in [0.15, 0.2) is 0 Å². The molecule has 0 bridgehead atoms. The number of aromatic nitrogens is 2. The second-order valence-electron chi connectivity index (χ2n) is 8.80. The van der Waals surface area contributed by atoms with E-state index in [1.807, 2.05) is 0 Å². The highest BCUT2D eigenvalue weighted by molar-refractivity contribution is 6.33. The Morgan fingerprint density at radius 2 is 1.93 bits per heavy atom. The van der Waals surface area contributed by atoms with Gasteiger partial charge in [-0.2, -0.15) is 13.2 Å². The summed E-state index contributed by atoms with van der Waals surface area (Å²) in [6, 6.07) is 3.58. The molecule has 0 spiro atoms. The number of halogens is 6. The lowest BCUT2D eigenvalue weighted by molar-refractivity contribution is -0.140. The topological polar surface area (TPSA) is 97.3 Å². The lowest BCUT2D eigenvalue weighted by atomic mass is 10.0. The van der Waals surface area contributed by atoms with E-state index in [1.165, 1.54) is 31.5 Å². The number of carbonyl (C=O) groups is 1. The summed E-state index contributed by atoms with van der Waals surface area (Å²) in [5.41, 5.74) is -1.61. The van der Waals surface area contributed by atoms with Gasteiger partial charge in [0.05, 0.1) is 22.8 Å². The number of anilines is 2. The number of rotatable bonds is 8. The van der Waals surface area contributed by atoms with Gasteiger partial charge in [-0.25, -0.2) is 18.6 Å². The van der Waals surface area contributed by atoms with Gasteiger partial charge >= 0.3 is 12.2 Å². The fourth-order valence-corrected chi connectivity index (χ4v) is 4.34. The molecule has 1 aromatic carbocycles. The maximum Gasteiger partial charge on any atom is 0.406 e. The smallest absolute Gasteiger partial charge is 0.383 e. The number of urea groups is 1. The fraction of sp³-hybridized carbons (Fsp3) is 0.269. The molecule has 14 heteroatoms. The van der Waals surface area contributed by atoms with Crippen molar-refractivity contribution in [3.05, 3.63) is 75.3 Å². The zero-order valence-electron chi connectivity index (χ0n) is 21.0. The highest BCUT2D eigenvalue weighted by Crippen LogP contribution is 2.33. The number of allylic oxidation sites excluding steroid dienone is 4. The zero-order valence-corrected chi connectivity index (χ0v) is 21.7. The Labute approximate surface area is 229 Å². The molecule has 0 aliphatic heterocycles. The second-order valence-corrected chi connectivity index (χ2v) is 9.21. The molecule has 2 heterocycles. The fourth-order valence-electron chi connectivity index (χ4n) is 4.09. The minimum absolute atomic E-state index is 0.0426. The van der Waals surface area contributed by atoms with Gasteiger partial charge in [0, 0.05) is 48.1 Å². The molecule has 3 aromatic rings. The van der Waals surface area contributed by atoms with Crippen molar-refractivity contribution < 1.29 is 31.5 Å². The lowest BCUT2D eigenvalue weighted by Crippen LogP contribution is -2.30. The van der Waals surface area contributed by atoms with E-state index >= 15 is 0 Å². The van der Waals surface area contributed by atoms with E-state index in [9.17, 15) is 31.5 Å². The van der Waals surface area contributed by atoms with E-state index in [0.29, 0.717) is 30.6 Å². The third kappa shape index (κ3) is 6.96. The van der Waals surface area contributed by atoms with Crippen molar-refractivity contribution in [3.8, 4) is 11.1 Å². The van der Waals surface area contributed by atoms with Crippen LogP contribution >= 0.6 is 11.6 Å². The molecular formula is C26H23ClF5N5O3. The number of nitrogens with zero attached hydrogens (tertiary/aromatic N) is 2. The number of fused-ring (bicyclic) bond motifs is 1. The normalized spacial score (nSPS) is 13.6. The average molecular weight is 584 g/mol. The molecule has 0 radical (unpaired) electrons. The van der Waals surface area contributed by atoms with Gasteiger partial charge in [-0.05, 0) is 43.2 Å². The van der Waals surface area contributed by atoms with Crippen LogP contribution in [0.4, 0.5) is 38.3 Å². The number of alkyl halides is 3. The van der Waals surface area contributed by atoms with Crippen LogP contribution in [0.2, 0.25) is 5.02 Å². The predicted octanol–water partition coefficient (Wildman–Crippen LogP) is 6.13. The van der Waals surface area contributed by atoms with Gasteiger partial charge in [0.1, 0.15) is 24.0 Å². The summed E-state index contributed by atoms with van der Waals surface area (Å²) in [6.07, 6.45) is -0.279. The number of benzene rings is 1. The SMILES string of the molecule is COCCNc1cc2c(cn1)cc(-c1cc(NC(=O)NC3=CC(F)=CCC3)c(F)cc1Cl)c(=O)n2CC(F)(F)F. The van der Waals surface area contributed by atoms with E-state index in [4.69, 9.17) is 16.3 Å². The van der Waals surface area contributed by atoms with Gasteiger partial charge in [0.25, 0.3) is 5.56 Å². The summed E-state index contributed by atoms with van der Waals surface area (Å²) in [5.74, 6) is -1.26. The Bertz CT molecular complexity index is 1570. The van der Waals surface area contributed by atoms with Crippen molar-refractivity contribution in [3.63, 3.8) is 0 Å². The average Bonchev–Trinajstić information content (AvgIpc) is 2.87. The Kier molecular flexibility index (Phi) is 8.74. The maximum atomic E-state index is 14.7. The van der Waals surface area contributed by atoms with Crippen LogP contribution in [0, 0.1) is 5.82 Å². The molecule has 0 saturated carbocycles. The number of ether oxygens (including phenoxy) is 1. The first-order chi connectivity index (χ1) is 18.9. The molecule has 0 fully saturated rings. The number of hydrogen-bond acceptors (Lipinski definition) is 5. The first kappa shape index (κ1) is 29.0. The summed E-state index contributed by atoms with van der Waals surface area (Å²) in [4.78, 5) is 30.0. The second kappa shape index (κ2) is 12.0. The molecule has 3 N–H and O–H groups in total. The van der Waals surface area contributed by atoms with Crippen molar-refractivity contribution in [2.45, 2.75) is 25.6 Å². The monoisotopic (exact) mass is 583 g/mol. The Hall–Kier alpha value is -3.97. The molecule has 212 valence electrons. The first-order valence-electron chi connectivity index (χ1n) is 11.9. The summed E-state index contributed by atoms with van der Waals surface area (Å²) in [7, 11) is 1.49. The Morgan fingerprint density at radius 1 is 1.15 bits per heavy atom. The number of carbonyl (C=O) groups excluding carboxylic acids is 1. The van der Waals surface area contributed by atoms with E-state index in [-0.39, 0.29) is 38.6 Å². The van der Waals surface area contributed by atoms with Crippen molar-refractivity contribution in [2.24, 2.45) is 0 Å². The van der Waals surface area contributed by atoms with Crippen LogP contribution in [0.15, 0.2) is 58.9 Å². The molecule has 0 atom stereocenters. The molecule has 4 rings (SSSR count). The van der Waals surface area contributed by atoms with Gasteiger partial charge in [-0.1, -0.05) is 11.6 Å². The van der Waals surface area contributed by atoms with Gasteiger partial charge in [-0.15, -0.1) is 0 Å². The lowest BCUT2D eigenvalue weighted by Gasteiger charge is -2.17.